The average Bonchev–Trinajstić information content (AvgIpc) is 2.18. The maximum absolute atomic E-state index is 11.3. The van der Waals surface area contributed by atoms with Gasteiger partial charge >= 0.3 is 5.97 Å². The first-order valence-corrected chi connectivity index (χ1v) is 5.14. The molecule has 0 amide bonds. The number of halogens is 1. The second-order valence-corrected chi connectivity index (χ2v) is 3.99. The number of methoxy groups -OCH3 is 1. The minimum absolute atomic E-state index is 0.343. The van der Waals surface area contributed by atoms with Crippen LogP contribution in [0.4, 0.5) is 0 Å². The summed E-state index contributed by atoms with van der Waals surface area (Å²) in [6.45, 7) is 0. The van der Waals surface area contributed by atoms with Gasteiger partial charge in [-0.2, -0.15) is 5.26 Å². The van der Waals surface area contributed by atoms with Crippen LogP contribution in [0.5, 0.6) is 0 Å². The van der Waals surface area contributed by atoms with E-state index in [9.17, 15) is 4.79 Å². The molecule has 5 heteroatoms. The smallest absolute Gasteiger partial charge is 0.340 e. The summed E-state index contributed by atoms with van der Waals surface area (Å²) in [5.74, 6) is -0.475. The minimum atomic E-state index is -0.475. The van der Waals surface area contributed by atoms with Crippen molar-refractivity contribution in [3.05, 3.63) is 26.8 Å². The second-order valence-electron chi connectivity index (χ2n) is 2.42. The Balaban J connectivity index is 3.42. The third-order valence-electron chi connectivity index (χ3n) is 1.63. The fourth-order valence-electron chi connectivity index (χ4n) is 0.948. The Morgan fingerprint density at radius 3 is 2.79 bits per heavy atom. The lowest BCUT2D eigenvalue weighted by Gasteiger charge is -2.06. The summed E-state index contributed by atoms with van der Waals surface area (Å²) in [4.78, 5) is 11.9. The SMILES string of the molecule is COC(=O)c1c(S)ccc(C#N)c1I. The molecule has 1 aromatic rings. The topological polar surface area (TPSA) is 50.1 Å². The van der Waals surface area contributed by atoms with Gasteiger partial charge in [0, 0.05) is 8.47 Å². The van der Waals surface area contributed by atoms with Crippen molar-refractivity contribution < 1.29 is 9.53 Å². The number of esters is 1. The van der Waals surface area contributed by atoms with Crippen molar-refractivity contribution in [1.29, 1.82) is 5.26 Å². The standard InChI is InChI=1S/C9H6INO2S/c1-13-9(12)7-6(14)3-2-5(4-11)8(7)10/h2-3,14H,1H3. The van der Waals surface area contributed by atoms with Gasteiger partial charge < -0.3 is 4.74 Å². The Labute approximate surface area is 101 Å². The molecule has 0 aliphatic heterocycles. The van der Waals surface area contributed by atoms with E-state index in [1.165, 1.54) is 7.11 Å². The molecule has 0 fully saturated rings. The number of carbonyl (C=O) groups excluding carboxylic acids is 1. The molecule has 0 saturated carbocycles. The predicted molar refractivity (Wildman–Crippen MR) is 62.5 cm³/mol. The summed E-state index contributed by atoms with van der Waals surface area (Å²) >= 11 is 6.06. The summed E-state index contributed by atoms with van der Waals surface area (Å²) < 4.78 is 5.17. The van der Waals surface area contributed by atoms with E-state index in [1.807, 2.05) is 28.7 Å². The third-order valence-corrected chi connectivity index (χ3v) is 3.12. The lowest BCUT2D eigenvalue weighted by Crippen LogP contribution is -2.06. The maximum Gasteiger partial charge on any atom is 0.340 e. The number of hydrogen-bond donors (Lipinski definition) is 1. The molecule has 0 N–H and O–H groups in total. The number of nitrogens with zero attached hydrogens (tertiary/aromatic N) is 1. The zero-order chi connectivity index (χ0) is 10.7. The Kier molecular flexibility index (Phi) is 3.77. The Hall–Kier alpha value is -0.740. The van der Waals surface area contributed by atoms with E-state index in [4.69, 9.17) is 5.26 Å². The monoisotopic (exact) mass is 319 g/mol. The summed E-state index contributed by atoms with van der Waals surface area (Å²) in [6, 6.07) is 5.22. The normalized spacial score (nSPS) is 9.29. The highest BCUT2D eigenvalue weighted by atomic mass is 127. The Morgan fingerprint density at radius 2 is 2.29 bits per heavy atom. The summed E-state index contributed by atoms with van der Waals surface area (Å²) in [5.41, 5.74) is 0.791. The van der Waals surface area contributed by atoms with Crippen molar-refractivity contribution in [3.63, 3.8) is 0 Å². The van der Waals surface area contributed by atoms with Crippen LogP contribution in [0.1, 0.15) is 15.9 Å². The molecule has 0 heterocycles. The molecular weight excluding hydrogens is 313 g/mol. The zero-order valence-electron chi connectivity index (χ0n) is 7.24. The molecule has 0 radical (unpaired) electrons. The molecule has 0 aromatic heterocycles. The molecule has 0 spiro atoms. The fourth-order valence-corrected chi connectivity index (χ4v) is 2.25. The summed E-state index contributed by atoms with van der Waals surface area (Å²) in [5, 5.41) is 8.76. The number of carbonyl (C=O) groups is 1. The van der Waals surface area contributed by atoms with Crippen molar-refractivity contribution in [3.8, 4) is 6.07 Å². The zero-order valence-corrected chi connectivity index (χ0v) is 10.3. The van der Waals surface area contributed by atoms with E-state index in [-0.39, 0.29) is 0 Å². The van der Waals surface area contributed by atoms with Crippen LogP contribution in [-0.2, 0) is 4.74 Å². The molecule has 0 saturated heterocycles. The first-order valence-electron chi connectivity index (χ1n) is 3.61. The van der Waals surface area contributed by atoms with Gasteiger partial charge in [0.25, 0.3) is 0 Å². The quantitative estimate of drug-likeness (QED) is 0.491. The predicted octanol–water partition coefficient (Wildman–Crippen LogP) is 2.24. The molecule has 0 aliphatic carbocycles. The first kappa shape index (κ1) is 11.3. The number of hydrogen-bond acceptors (Lipinski definition) is 4. The molecular formula is C9H6INO2S. The highest BCUT2D eigenvalue weighted by Crippen LogP contribution is 2.24. The number of nitriles is 1. The van der Waals surface area contributed by atoms with Gasteiger partial charge in [-0.15, -0.1) is 12.6 Å². The number of benzene rings is 1. The molecule has 0 aliphatic rings. The molecule has 0 unspecified atom stereocenters. The van der Waals surface area contributed by atoms with Gasteiger partial charge in [-0.25, -0.2) is 4.79 Å². The molecule has 0 bridgehead atoms. The van der Waals surface area contributed by atoms with E-state index in [0.29, 0.717) is 19.6 Å². The van der Waals surface area contributed by atoms with Crippen LogP contribution in [0.2, 0.25) is 0 Å². The van der Waals surface area contributed by atoms with E-state index in [0.717, 1.165) is 0 Å². The largest absolute Gasteiger partial charge is 0.465 e. The molecule has 1 rings (SSSR count). The highest BCUT2D eigenvalue weighted by molar-refractivity contribution is 14.1. The van der Waals surface area contributed by atoms with Gasteiger partial charge in [0.15, 0.2) is 0 Å². The molecule has 1 aromatic carbocycles. The van der Waals surface area contributed by atoms with E-state index in [2.05, 4.69) is 17.4 Å². The summed E-state index contributed by atoms with van der Waals surface area (Å²) in [6.07, 6.45) is 0. The molecule has 72 valence electrons. The van der Waals surface area contributed by atoms with E-state index >= 15 is 0 Å². The molecule has 14 heavy (non-hydrogen) atoms. The number of ether oxygens (including phenoxy) is 1. The van der Waals surface area contributed by atoms with Gasteiger partial charge in [0.05, 0.1) is 18.2 Å². The third kappa shape index (κ3) is 2.01. The van der Waals surface area contributed by atoms with Crippen LogP contribution in [-0.4, -0.2) is 13.1 Å². The number of thiol groups is 1. The minimum Gasteiger partial charge on any atom is -0.465 e. The second kappa shape index (κ2) is 4.66. The van der Waals surface area contributed by atoms with Gasteiger partial charge in [-0.05, 0) is 34.7 Å². The summed E-state index contributed by atoms with van der Waals surface area (Å²) in [7, 11) is 1.30. The van der Waals surface area contributed by atoms with E-state index in [1.54, 1.807) is 12.1 Å². The Morgan fingerprint density at radius 1 is 1.64 bits per heavy atom. The lowest BCUT2D eigenvalue weighted by molar-refractivity contribution is 0.0595. The van der Waals surface area contributed by atoms with Crippen LogP contribution in [0.15, 0.2) is 17.0 Å². The van der Waals surface area contributed by atoms with Gasteiger partial charge in [-0.3, -0.25) is 0 Å². The van der Waals surface area contributed by atoms with Crippen molar-refractivity contribution in [2.24, 2.45) is 0 Å². The fraction of sp³-hybridized carbons (Fsp3) is 0.111. The van der Waals surface area contributed by atoms with Crippen molar-refractivity contribution >= 4 is 41.2 Å². The van der Waals surface area contributed by atoms with Crippen molar-refractivity contribution in [1.82, 2.24) is 0 Å². The van der Waals surface area contributed by atoms with Crippen LogP contribution in [0, 0.1) is 14.9 Å². The molecule has 3 nitrogen and oxygen atoms in total. The van der Waals surface area contributed by atoms with Crippen LogP contribution in [0.3, 0.4) is 0 Å². The average molecular weight is 319 g/mol. The lowest BCUT2D eigenvalue weighted by atomic mass is 10.1. The van der Waals surface area contributed by atoms with Gasteiger partial charge in [-0.1, -0.05) is 0 Å². The Bertz CT molecular complexity index is 426. The van der Waals surface area contributed by atoms with Gasteiger partial charge in [0.1, 0.15) is 6.07 Å². The van der Waals surface area contributed by atoms with Gasteiger partial charge in [0.2, 0.25) is 0 Å². The van der Waals surface area contributed by atoms with Crippen LogP contribution < -0.4 is 0 Å². The van der Waals surface area contributed by atoms with Crippen molar-refractivity contribution in [2.45, 2.75) is 4.90 Å². The van der Waals surface area contributed by atoms with Crippen molar-refractivity contribution in [2.75, 3.05) is 7.11 Å². The van der Waals surface area contributed by atoms with Crippen LogP contribution in [0.25, 0.3) is 0 Å². The highest BCUT2D eigenvalue weighted by Gasteiger charge is 2.16. The maximum atomic E-state index is 11.3. The number of rotatable bonds is 1. The van der Waals surface area contributed by atoms with Crippen LogP contribution >= 0.6 is 35.2 Å². The van der Waals surface area contributed by atoms with E-state index < -0.39 is 5.97 Å². The molecule has 0 atom stereocenters. The first-order chi connectivity index (χ1) is 6.61.